The summed E-state index contributed by atoms with van der Waals surface area (Å²) in [6.07, 6.45) is 2.32. The molecule has 1 rings (SSSR count). The molecule has 1 fully saturated rings. The first-order valence-electron chi connectivity index (χ1n) is 5.85. The van der Waals surface area contributed by atoms with E-state index in [1.807, 2.05) is 6.92 Å². The quantitative estimate of drug-likeness (QED) is 0.698. The van der Waals surface area contributed by atoms with Crippen LogP contribution in [-0.2, 0) is 4.79 Å². The highest BCUT2D eigenvalue weighted by Gasteiger charge is 2.33. The van der Waals surface area contributed by atoms with Gasteiger partial charge < -0.3 is 5.11 Å². The fourth-order valence-corrected chi connectivity index (χ4v) is 1.77. The molecule has 1 heterocycles. The lowest BCUT2D eigenvalue weighted by atomic mass is 10.0. The lowest BCUT2D eigenvalue weighted by Crippen LogP contribution is -2.32. The van der Waals surface area contributed by atoms with E-state index in [0.29, 0.717) is 13.0 Å². The van der Waals surface area contributed by atoms with Crippen molar-refractivity contribution in [3.63, 3.8) is 0 Å². The monoisotopic (exact) mass is 174 g/mol. The largest absolute Gasteiger partial charge is 0.480 e. The number of rotatable bonds is 3. The van der Waals surface area contributed by atoms with E-state index < -0.39 is 19.0 Å². The summed E-state index contributed by atoms with van der Waals surface area (Å²) in [4.78, 5) is 12.1. The molecule has 1 saturated heterocycles. The van der Waals surface area contributed by atoms with Crippen molar-refractivity contribution in [2.24, 2.45) is 5.92 Å². The average Bonchev–Trinajstić information content (AvgIpc) is 2.48. The number of likely N-dealkylation sites (N-methyl/N-ethyl adjacent to an activating group) is 1. The maximum absolute atomic E-state index is 10.9. The van der Waals surface area contributed by atoms with Crippen molar-refractivity contribution in [2.45, 2.75) is 32.2 Å². The van der Waals surface area contributed by atoms with Gasteiger partial charge in [-0.05, 0) is 25.7 Å². The number of hydrogen-bond acceptors (Lipinski definition) is 2. The van der Waals surface area contributed by atoms with Gasteiger partial charge in [-0.25, -0.2) is 0 Å². The van der Waals surface area contributed by atoms with Crippen LogP contribution >= 0.6 is 0 Å². The number of nitrogens with zero attached hydrogens (tertiary/aromatic N) is 1. The number of aliphatic carboxylic acids is 1. The van der Waals surface area contributed by atoms with E-state index in [4.69, 9.17) is 9.22 Å². The molecule has 12 heavy (non-hydrogen) atoms. The third kappa shape index (κ3) is 1.97. The fraction of sp³-hybridized carbons (Fsp3) is 0.889. The van der Waals surface area contributed by atoms with Crippen molar-refractivity contribution < 1.29 is 14.0 Å². The standard InChI is InChI=1S/C9H17NO2/c1-3-4-7-5-8(9(11)12)10(2)6-7/h7-8H,3-6H2,1-2H3,(H,11,12)/t7-,8+/m1/s1/i2D3. The molecule has 3 nitrogen and oxygen atoms in total. The van der Waals surface area contributed by atoms with Crippen LogP contribution in [0.15, 0.2) is 0 Å². The second kappa shape index (κ2) is 3.90. The number of likely N-dealkylation sites (tertiary alicyclic amines) is 1. The van der Waals surface area contributed by atoms with Gasteiger partial charge in [-0.1, -0.05) is 13.3 Å². The number of carboxylic acid groups (broad SMARTS) is 1. The zero-order chi connectivity index (χ0) is 11.6. The Bertz CT molecular complexity index is 242. The predicted octanol–water partition coefficient (Wildman–Crippen LogP) is 1.19. The van der Waals surface area contributed by atoms with E-state index in [-0.39, 0.29) is 5.92 Å². The van der Waals surface area contributed by atoms with E-state index >= 15 is 0 Å². The summed E-state index contributed by atoms with van der Waals surface area (Å²) in [6.45, 7) is 0.112. The summed E-state index contributed by atoms with van der Waals surface area (Å²) in [5, 5.41) is 8.94. The fourth-order valence-electron chi connectivity index (χ4n) is 1.77. The van der Waals surface area contributed by atoms with E-state index in [0.717, 1.165) is 17.7 Å². The molecular weight excluding hydrogens is 154 g/mol. The van der Waals surface area contributed by atoms with Crippen molar-refractivity contribution >= 4 is 5.97 Å². The Morgan fingerprint density at radius 1 is 1.83 bits per heavy atom. The minimum Gasteiger partial charge on any atom is -0.480 e. The van der Waals surface area contributed by atoms with E-state index in [1.165, 1.54) is 0 Å². The molecule has 1 aliphatic heterocycles. The summed E-state index contributed by atoms with van der Waals surface area (Å²) in [5.41, 5.74) is 0. The molecule has 0 bridgehead atoms. The molecular formula is C9H17NO2. The first kappa shape index (κ1) is 5.97. The number of carbonyl (C=O) groups is 1. The van der Waals surface area contributed by atoms with Crippen LogP contribution < -0.4 is 0 Å². The van der Waals surface area contributed by atoms with Crippen LogP contribution in [0.2, 0.25) is 0 Å². The maximum Gasteiger partial charge on any atom is 0.320 e. The molecule has 1 aliphatic rings. The van der Waals surface area contributed by atoms with Gasteiger partial charge in [0, 0.05) is 10.7 Å². The molecule has 1 N–H and O–H groups in total. The first-order valence-corrected chi connectivity index (χ1v) is 4.35. The highest BCUT2D eigenvalue weighted by molar-refractivity contribution is 5.73. The minimum absolute atomic E-state index is 0.205. The third-order valence-electron chi connectivity index (χ3n) is 2.37. The lowest BCUT2D eigenvalue weighted by Gasteiger charge is -2.13. The van der Waals surface area contributed by atoms with Gasteiger partial charge in [0.1, 0.15) is 6.04 Å². The van der Waals surface area contributed by atoms with Crippen molar-refractivity contribution in [1.29, 1.82) is 0 Å². The molecule has 0 unspecified atom stereocenters. The topological polar surface area (TPSA) is 40.5 Å². The number of carboxylic acids is 1. The molecule has 0 saturated carbocycles. The zero-order valence-corrected chi connectivity index (χ0v) is 7.29. The second-order valence-electron chi connectivity index (χ2n) is 3.40. The molecule has 0 aliphatic carbocycles. The molecule has 0 amide bonds. The Hall–Kier alpha value is -0.570. The Labute approximate surface area is 77.6 Å². The Balaban J connectivity index is 2.72. The molecule has 0 radical (unpaired) electrons. The highest BCUT2D eigenvalue weighted by atomic mass is 16.4. The normalized spacial score (nSPS) is 35.6. The van der Waals surface area contributed by atoms with Gasteiger partial charge in [0.2, 0.25) is 0 Å². The smallest absolute Gasteiger partial charge is 0.320 e. The molecule has 0 spiro atoms. The molecule has 0 aromatic heterocycles. The van der Waals surface area contributed by atoms with Crippen molar-refractivity contribution in [2.75, 3.05) is 13.5 Å². The summed E-state index contributed by atoms with van der Waals surface area (Å²) in [7, 11) is 0. The minimum atomic E-state index is -2.29. The summed E-state index contributed by atoms with van der Waals surface area (Å²) >= 11 is 0. The molecule has 2 atom stereocenters. The van der Waals surface area contributed by atoms with Gasteiger partial charge in [0.05, 0.1) is 0 Å². The van der Waals surface area contributed by atoms with Crippen LogP contribution in [0.4, 0.5) is 0 Å². The van der Waals surface area contributed by atoms with E-state index in [2.05, 4.69) is 0 Å². The average molecular weight is 174 g/mol. The Morgan fingerprint density at radius 3 is 3.00 bits per heavy atom. The SMILES string of the molecule is [2H]C([2H])([2H])N1C[C@H](CCC)C[C@H]1C(=O)O. The Kier molecular flexibility index (Phi) is 1.94. The number of hydrogen-bond donors (Lipinski definition) is 1. The molecule has 3 heteroatoms. The van der Waals surface area contributed by atoms with Gasteiger partial charge in [0.15, 0.2) is 0 Å². The van der Waals surface area contributed by atoms with Crippen molar-refractivity contribution in [3.8, 4) is 0 Å². The first-order chi connectivity index (χ1) is 6.86. The van der Waals surface area contributed by atoms with Crippen LogP contribution in [-0.4, -0.2) is 35.5 Å². The van der Waals surface area contributed by atoms with Gasteiger partial charge in [-0.3, -0.25) is 9.69 Å². The van der Waals surface area contributed by atoms with E-state index in [1.54, 1.807) is 0 Å². The van der Waals surface area contributed by atoms with Crippen LogP contribution in [0.3, 0.4) is 0 Å². The van der Waals surface area contributed by atoms with Gasteiger partial charge in [0.25, 0.3) is 0 Å². The Morgan fingerprint density at radius 2 is 2.58 bits per heavy atom. The van der Waals surface area contributed by atoms with Crippen LogP contribution in [0.1, 0.15) is 30.3 Å². The van der Waals surface area contributed by atoms with Crippen LogP contribution in [0, 0.1) is 5.92 Å². The van der Waals surface area contributed by atoms with E-state index in [9.17, 15) is 4.79 Å². The van der Waals surface area contributed by atoms with Crippen molar-refractivity contribution in [1.82, 2.24) is 4.90 Å². The second-order valence-corrected chi connectivity index (χ2v) is 3.40. The summed E-state index contributed by atoms with van der Waals surface area (Å²) in [6, 6.07) is -0.839. The molecule has 70 valence electrons. The van der Waals surface area contributed by atoms with Gasteiger partial charge >= 0.3 is 5.97 Å². The summed E-state index contributed by atoms with van der Waals surface area (Å²) in [5.74, 6) is -0.818. The third-order valence-corrected chi connectivity index (χ3v) is 2.37. The summed E-state index contributed by atoms with van der Waals surface area (Å²) < 4.78 is 21.8. The predicted molar refractivity (Wildman–Crippen MR) is 47.1 cm³/mol. The van der Waals surface area contributed by atoms with Crippen LogP contribution in [0.5, 0.6) is 0 Å². The van der Waals surface area contributed by atoms with Gasteiger partial charge in [-0.2, -0.15) is 0 Å². The maximum atomic E-state index is 10.9. The van der Waals surface area contributed by atoms with Gasteiger partial charge in [-0.15, -0.1) is 0 Å². The lowest BCUT2D eigenvalue weighted by molar-refractivity contribution is -0.141. The highest BCUT2D eigenvalue weighted by Crippen LogP contribution is 2.25. The van der Waals surface area contributed by atoms with Crippen LogP contribution in [0.25, 0.3) is 0 Å². The molecule has 0 aromatic carbocycles. The zero-order valence-electron chi connectivity index (χ0n) is 10.3. The molecule has 0 aromatic rings. The van der Waals surface area contributed by atoms with Crippen molar-refractivity contribution in [3.05, 3.63) is 0 Å².